The Kier molecular flexibility index (Phi) is 7.49. The van der Waals surface area contributed by atoms with Gasteiger partial charge in [-0.25, -0.2) is 4.98 Å². The van der Waals surface area contributed by atoms with E-state index >= 15 is 0 Å². The minimum Gasteiger partial charge on any atom is -0.351 e. The zero-order valence-corrected chi connectivity index (χ0v) is 24.9. The summed E-state index contributed by atoms with van der Waals surface area (Å²) in [6, 6.07) is 26.7. The number of nitrogens with zero attached hydrogens (tertiary/aromatic N) is 5. The van der Waals surface area contributed by atoms with Crippen LogP contribution in [0.2, 0.25) is 0 Å². The van der Waals surface area contributed by atoms with E-state index < -0.39 is 0 Å². The van der Waals surface area contributed by atoms with Gasteiger partial charge in [-0.3, -0.25) is 15.1 Å². The number of aromatic nitrogens is 3. The zero-order valence-electron chi connectivity index (χ0n) is 23.3. The lowest BCUT2D eigenvalue weighted by molar-refractivity contribution is -0.384. The summed E-state index contributed by atoms with van der Waals surface area (Å²) >= 11 is 7.50. The largest absolute Gasteiger partial charge is 0.351 e. The molecule has 1 fully saturated rings. The van der Waals surface area contributed by atoms with Crippen molar-refractivity contribution in [3.05, 3.63) is 136 Å². The molecule has 1 N–H and O–H groups in total. The maximum atomic E-state index is 11.0. The molecule has 1 saturated heterocycles. The molecule has 0 saturated carbocycles. The topological polar surface area (TPSA) is 89.1 Å². The molecule has 0 aliphatic carbocycles. The molecule has 0 amide bonds. The summed E-state index contributed by atoms with van der Waals surface area (Å²) in [5.41, 5.74) is 6.39. The molecular formula is C32H28N6O2S2. The highest BCUT2D eigenvalue weighted by atomic mass is 32.2. The summed E-state index contributed by atoms with van der Waals surface area (Å²) in [4.78, 5) is 24.1. The minimum atomic E-state index is -0.389. The molecule has 2 aromatic carbocycles. The Labute approximate surface area is 253 Å². The van der Waals surface area contributed by atoms with Crippen LogP contribution in [0.25, 0.3) is 5.82 Å². The second-order valence-electron chi connectivity index (χ2n) is 10.1. The number of hydrogen-bond acceptors (Lipinski definition) is 6. The van der Waals surface area contributed by atoms with E-state index in [-0.39, 0.29) is 22.7 Å². The van der Waals surface area contributed by atoms with Gasteiger partial charge in [-0.05, 0) is 105 Å². The molecule has 42 heavy (non-hydrogen) atoms. The Morgan fingerprint density at radius 2 is 1.60 bits per heavy atom. The number of thiocarbonyl (C=S) groups is 1. The molecule has 0 radical (unpaired) electrons. The van der Waals surface area contributed by atoms with Crippen LogP contribution in [0.5, 0.6) is 0 Å². The zero-order chi connectivity index (χ0) is 29.4. The molecule has 1 aliphatic heterocycles. The average molecular weight is 593 g/mol. The fourth-order valence-electron chi connectivity index (χ4n) is 5.52. The van der Waals surface area contributed by atoms with Crippen molar-refractivity contribution in [3.8, 4) is 5.82 Å². The maximum Gasteiger partial charge on any atom is 0.269 e. The van der Waals surface area contributed by atoms with Crippen LogP contribution in [0.3, 0.4) is 0 Å². The van der Waals surface area contributed by atoms with Crippen LogP contribution in [0.4, 0.5) is 11.4 Å². The Morgan fingerprint density at radius 3 is 2.24 bits per heavy atom. The number of hydrogen-bond donors (Lipinski definition) is 1. The van der Waals surface area contributed by atoms with Crippen molar-refractivity contribution in [2.24, 2.45) is 0 Å². The Morgan fingerprint density at radius 1 is 0.905 bits per heavy atom. The maximum absolute atomic E-state index is 11.0. The van der Waals surface area contributed by atoms with Crippen LogP contribution in [0, 0.1) is 30.9 Å². The first-order chi connectivity index (χ1) is 20.3. The molecule has 4 heterocycles. The first kappa shape index (κ1) is 27.6. The first-order valence-corrected chi connectivity index (χ1v) is 14.7. The van der Waals surface area contributed by atoms with E-state index in [2.05, 4.69) is 72.0 Å². The van der Waals surface area contributed by atoms with Gasteiger partial charge < -0.3 is 14.8 Å². The molecular weight excluding hydrogens is 565 g/mol. The van der Waals surface area contributed by atoms with Crippen molar-refractivity contribution in [1.29, 1.82) is 0 Å². The molecule has 6 rings (SSSR count). The van der Waals surface area contributed by atoms with E-state index in [4.69, 9.17) is 22.2 Å². The van der Waals surface area contributed by atoms with E-state index in [9.17, 15) is 10.1 Å². The van der Waals surface area contributed by atoms with Gasteiger partial charge >= 0.3 is 0 Å². The van der Waals surface area contributed by atoms with Gasteiger partial charge in [0.2, 0.25) is 0 Å². The Balaban J connectivity index is 1.38. The van der Waals surface area contributed by atoms with E-state index in [1.165, 1.54) is 12.1 Å². The Hall–Kier alpha value is -4.54. The van der Waals surface area contributed by atoms with Crippen molar-refractivity contribution < 1.29 is 4.92 Å². The fraction of sp³-hybridized carbons (Fsp3) is 0.156. The number of rotatable bonds is 7. The molecule has 0 spiro atoms. The summed E-state index contributed by atoms with van der Waals surface area (Å²) in [7, 11) is 0. The molecule has 2 atom stereocenters. The van der Waals surface area contributed by atoms with E-state index in [1.54, 1.807) is 23.9 Å². The third-order valence-electron chi connectivity index (χ3n) is 7.48. The second kappa shape index (κ2) is 11.4. The molecule has 10 heteroatoms. The lowest BCUT2D eigenvalue weighted by atomic mass is 9.96. The average Bonchev–Trinajstić information content (AvgIpc) is 3.49. The summed E-state index contributed by atoms with van der Waals surface area (Å²) in [6.07, 6.45) is 3.64. The predicted molar refractivity (Wildman–Crippen MR) is 169 cm³/mol. The predicted octanol–water partition coefficient (Wildman–Crippen LogP) is 7.43. The molecule has 210 valence electrons. The molecule has 5 aromatic rings. The van der Waals surface area contributed by atoms with Crippen LogP contribution in [0.1, 0.15) is 40.3 Å². The van der Waals surface area contributed by atoms with Gasteiger partial charge in [0.05, 0.1) is 22.7 Å². The van der Waals surface area contributed by atoms with Gasteiger partial charge in [0.15, 0.2) is 5.11 Å². The van der Waals surface area contributed by atoms with Crippen LogP contribution < -0.4 is 10.2 Å². The van der Waals surface area contributed by atoms with Gasteiger partial charge in [-0.2, -0.15) is 0 Å². The molecule has 8 nitrogen and oxygen atoms in total. The number of nitro groups is 1. The number of non-ortho nitro benzene ring substituents is 1. The second-order valence-corrected chi connectivity index (χ2v) is 11.7. The van der Waals surface area contributed by atoms with Crippen molar-refractivity contribution in [3.63, 3.8) is 0 Å². The molecule has 3 aromatic heterocycles. The number of nitrogens with one attached hydrogen (secondary N) is 1. The number of pyridine rings is 2. The SMILES string of the molecule is Cc1cccnc1-n1c(C)cc([C@@H]2[C@@H](c3ccccn3)NC(=S)N2c2ccc(Sc3ccc([N+](=O)[O-])cc3)cc2)c1C. The van der Waals surface area contributed by atoms with Crippen molar-refractivity contribution >= 4 is 40.5 Å². The molecule has 0 unspecified atom stereocenters. The minimum absolute atomic E-state index is 0.0795. The number of benzene rings is 2. The summed E-state index contributed by atoms with van der Waals surface area (Å²) in [5.74, 6) is 0.917. The van der Waals surface area contributed by atoms with Crippen molar-refractivity contribution in [1.82, 2.24) is 19.9 Å². The van der Waals surface area contributed by atoms with Crippen LogP contribution in [0.15, 0.2) is 107 Å². The lowest BCUT2D eigenvalue weighted by Gasteiger charge is -2.28. The number of aryl methyl sites for hydroxylation is 2. The van der Waals surface area contributed by atoms with E-state index in [0.717, 1.165) is 49.5 Å². The molecule has 1 aliphatic rings. The van der Waals surface area contributed by atoms with Gasteiger partial charge in [0, 0.05) is 51.4 Å². The van der Waals surface area contributed by atoms with Gasteiger partial charge in [0.25, 0.3) is 5.69 Å². The van der Waals surface area contributed by atoms with Crippen LogP contribution in [-0.4, -0.2) is 24.6 Å². The highest BCUT2D eigenvalue weighted by Crippen LogP contribution is 2.44. The fourth-order valence-corrected chi connectivity index (χ4v) is 6.68. The van der Waals surface area contributed by atoms with Gasteiger partial charge in [-0.1, -0.05) is 23.9 Å². The first-order valence-electron chi connectivity index (χ1n) is 13.5. The summed E-state index contributed by atoms with van der Waals surface area (Å²) in [5, 5.41) is 15.2. The Bertz CT molecular complexity index is 1770. The monoisotopic (exact) mass is 592 g/mol. The summed E-state index contributed by atoms with van der Waals surface area (Å²) in [6.45, 7) is 6.32. The van der Waals surface area contributed by atoms with Gasteiger partial charge in [-0.15, -0.1) is 0 Å². The standard InChI is InChI=1S/C32H28N6O2S2/c1-20-7-6-18-34-31(20)36-21(2)19-27(22(36)3)30-29(28-8-4-5-17-33-28)35-32(41)37(30)23-9-13-25(14-10-23)42-26-15-11-24(12-16-26)38(39)40/h4-19,29-30H,1-3H3,(H,35,41)/t29-,30-/m1/s1. The van der Waals surface area contributed by atoms with Crippen LogP contribution >= 0.6 is 24.0 Å². The third kappa shape index (κ3) is 5.15. The van der Waals surface area contributed by atoms with E-state index in [0.29, 0.717) is 5.11 Å². The van der Waals surface area contributed by atoms with E-state index in [1.807, 2.05) is 36.7 Å². The lowest BCUT2D eigenvalue weighted by Crippen LogP contribution is -2.29. The van der Waals surface area contributed by atoms with Crippen molar-refractivity contribution in [2.45, 2.75) is 42.6 Å². The highest BCUT2D eigenvalue weighted by molar-refractivity contribution is 7.99. The smallest absolute Gasteiger partial charge is 0.269 e. The highest BCUT2D eigenvalue weighted by Gasteiger charge is 2.42. The van der Waals surface area contributed by atoms with Crippen molar-refractivity contribution in [2.75, 3.05) is 4.90 Å². The summed E-state index contributed by atoms with van der Waals surface area (Å²) < 4.78 is 2.21. The normalized spacial score (nSPS) is 16.5. The van der Waals surface area contributed by atoms with Gasteiger partial charge in [0.1, 0.15) is 5.82 Å². The van der Waals surface area contributed by atoms with Crippen LogP contribution in [-0.2, 0) is 0 Å². The number of nitro benzene ring substituents is 1. The third-order valence-corrected chi connectivity index (χ3v) is 8.81. The number of anilines is 1. The quantitative estimate of drug-likeness (QED) is 0.119. The molecule has 0 bridgehead atoms.